The van der Waals surface area contributed by atoms with Gasteiger partial charge in [0.1, 0.15) is 11.6 Å². The summed E-state index contributed by atoms with van der Waals surface area (Å²) in [6.45, 7) is 2.08. The van der Waals surface area contributed by atoms with Crippen molar-refractivity contribution in [3.05, 3.63) is 47.5 Å². The van der Waals surface area contributed by atoms with Crippen LogP contribution in [-0.4, -0.2) is 20.6 Å². The molecule has 1 amide bonds. The van der Waals surface area contributed by atoms with E-state index in [-0.39, 0.29) is 17.2 Å². The van der Waals surface area contributed by atoms with Gasteiger partial charge in [-0.25, -0.2) is 4.98 Å². The van der Waals surface area contributed by atoms with Gasteiger partial charge in [-0.1, -0.05) is 12.1 Å². The minimum atomic E-state index is -0.306. The van der Waals surface area contributed by atoms with Gasteiger partial charge in [0.2, 0.25) is 0 Å². The Bertz CT molecular complexity index is 575. The van der Waals surface area contributed by atoms with Crippen LogP contribution in [0.4, 0.5) is 0 Å². The summed E-state index contributed by atoms with van der Waals surface area (Å²) in [6.07, 6.45) is 3.48. The highest BCUT2D eigenvalue weighted by Crippen LogP contribution is 2.21. The zero-order valence-corrected chi connectivity index (χ0v) is 10.3. The molecule has 5 nitrogen and oxygen atoms in total. The number of aromatic nitrogens is 2. The van der Waals surface area contributed by atoms with Crippen molar-refractivity contribution in [1.29, 1.82) is 0 Å². The predicted octanol–water partition coefficient (Wildman–Crippen LogP) is 1.36. The van der Waals surface area contributed by atoms with E-state index in [1.807, 2.05) is 17.8 Å². The normalized spacial score (nSPS) is 10.3. The van der Waals surface area contributed by atoms with E-state index in [0.717, 1.165) is 5.82 Å². The number of aromatic hydroxyl groups is 1. The molecular formula is C13H15N3O2. The largest absolute Gasteiger partial charge is 0.507 e. The number of aryl methyl sites for hydroxylation is 2. The van der Waals surface area contributed by atoms with Crippen LogP contribution in [0, 0.1) is 6.92 Å². The maximum Gasteiger partial charge on any atom is 0.255 e. The van der Waals surface area contributed by atoms with Crippen LogP contribution in [0.2, 0.25) is 0 Å². The fourth-order valence-corrected chi connectivity index (χ4v) is 1.66. The van der Waals surface area contributed by atoms with Gasteiger partial charge >= 0.3 is 0 Å². The molecule has 5 heteroatoms. The number of nitrogens with zero attached hydrogens (tertiary/aromatic N) is 2. The highest BCUT2D eigenvalue weighted by atomic mass is 16.3. The Morgan fingerprint density at radius 3 is 2.94 bits per heavy atom. The molecule has 0 fully saturated rings. The summed E-state index contributed by atoms with van der Waals surface area (Å²) in [4.78, 5) is 16.0. The minimum absolute atomic E-state index is 0.0230. The average Bonchev–Trinajstić information content (AvgIpc) is 2.75. The van der Waals surface area contributed by atoms with Crippen molar-refractivity contribution < 1.29 is 9.90 Å². The molecule has 1 aromatic carbocycles. The summed E-state index contributed by atoms with van der Waals surface area (Å²) in [5.74, 6) is 0.476. The topological polar surface area (TPSA) is 67.2 Å². The van der Waals surface area contributed by atoms with Crippen LogP contribution < -0.4 is 5.32 Å². The van der Waals surface area contributed by atoms with Crippen LogP contribution in [0.25, 0.3) is 0 Å². The summed E-state index contributed by atoms with van der Waals surface area (Å²) in [5.41, 5.74) is 0.962. The van der Waals surface area contributed by atoms with Crippen molar-refractivity contribution in [1.82, 2.24) is 14.9 Å². The molecule has 0 radical (unpaired) electrons. The molecular weight excluding hydrogens is 230 g/mol. The lowest BCUT2D eigenvalue weighted by molar-refractivity contribution is 0.0947. The summed E-state index contributed by atoms with van der Waals surface area (Å²) in [5, 5.41) is 12.5. The number of imidazole rings is 1. The van der Waals surface area contributed by atoms with Crippen LogP contribution in [-0.2, 0) is 13.6 Å². The molecule has 1 aromatic heterocycles. The van der Waals surface area contributed by atoms with Crippen LogP contribution in [0.3, 0.4) is 0 Å². The van der Waals surface area contributed by atoms with Crippen molar-refractivity contribution in [2.24, 2.45) is 7.05 Å². The third-order valence-electron chi connectivity index (χ3n) is 2.81. The number of carbonyl (C=O) groups is 1. The maximum absolute atomic E-state index is 11.9. The molecule has 0 aliphatic carbocycles. The van der Waals surface area contributed by atoms with Gasteiger partial charge in [-0.2, -0.15) is 0 Å². The number of carbonyl (C=O) groups excluding carboxylic acids is 1. The van der Waals surface area contributed by atoms with E-state index in [0.29, 0.717) is 12.1 Å². The van der Waals surface area contributed by atoms with E-state index in [1.54, 1.807) is 31.3 Å². The number of hydrogen-bond donors (Lipinski definition) is 2. The van der Waals surface area contributed by atoms with Crippen LogP contribution in [0.5, 0.6) is 5.75 Å². The van der Waals surface area contributed by atoms with E-state index in [1.165, 1.54) is 0 Å². The number of amides is 1. The number of benzene rings is 1. The molecule has 18 heavy (non-hydrogen) atoms. The van der Waals surface area contributed by atoms with Crippen molar-refractivity contribution in [2.45, 2.75) is 13.5 Å². The quantitative estimate of drug-likeness (QED) is 0.858. The Morgan fingerprint density at radius 2 is 2.28 bits per heavy atom. The zero-order chi connectivity index (χ0) is 13.1. The number of rotatable bonds is 3. The van der Waals surface area contributed by atoms with Crippen LogP contribution >= 0.6 is 0 Å². The second-order valence-corrected chi connectivity index (χ2v) is 4.11. The third kappa shape index (κ3) is 2.34. The Morgan fingerprint density at radius 1 is 1.50 bits per heavy atom. The van der Waals surface area contributed by atoms with Gasteiger partial charge in [0.05, 0.1) is 12.1 Å². The second kappa shape index (κ2) is 4.91. The molecule has 0 atom stereocenters. The van der Waals surface area contributed by atoms with Gasteiger partial charge in [0.25, 0.3) is 5.91 Å². The minimum Gasteiger partial charge on any atom is -0.507 e. The van der Waals surface area contributed by atoms with Crippen molar-refractivity contribution in [3.63, 3.8) is 0 Å². The van der Waals surface area contributed by atoms with Gasteiger partial charge in [-0.15, -0.1) is 0 Å². The molecule has 0 aliphatic rings. The van der Waals surface area contributed by atoms with Crippen LogP contribution in [0.15, 0.2) is 30.6 Å². The number of nitrogens with one attached hydrogen (secondary N) is 1. The molecule has 2 rings (SSSR count). The molecule has 94 valence electrons. The number of phenols is 1. The molecule has 1 heterocycles. The van der Waals surface area contributed by atoms with Gasteiger partial charge in [-0.05, 0) is 18.6 Å². The van der Waals surface area contributed by atoms with Gasteiger partial charge in [0.15, 0.2) is 0 Å². The average molecular weight is 245 g/mol. The fourth-order valence-electron chi connectivity index (χ4n) is 1.66. The molecule has 0 bridgehead atoms. The van der Waals surface area contributed by atoms with Gasteiger partial charge in [-0.3, -0.25) is 4.79 Å². The van der Waals surface area contributed by atoms with Crippen molar-refractivity contribution in [2.75, 3.05) is 0 Å². The fraction of sp³-hybridized carbons (Fsp3) is 0.231. The molecule has 0 aliphatic heterocycles. The monoisotopic (exact) mass is 245 g/mol. The van der Waals surface area contributed by atoms with E-state index in [9.17, 15) is 9.90 Å². The lowest BCUT2D eigenvalue weighted by Crippen LogP contribution is -2.24. The maximum atomic E-state index is 11.9. The third-order valence-corrected chi connectivity index (χ3v) is 2.81. The van der Waals surface area contributed by atoms with Crippen molar-refractivity contribution >= 4 is 5.91 Å². The predicted molar refractivity (Wildman–Crippen MR) is 67.2 cm³/mol. The Hall–Kier alpha value is -2.30. The highest BCUT2D eigenvalue weighted by molar-refractivity contribution is 5.97. The van der Waals surface area contributed by atoms with E-state index in [2.05, 4.69) is 10.3 Å². The second-order valence-electron chi connectivity index (χ2n) is 4.11. The highest BCUT2D eigenvalue weighted by Gasteiger charge is 2.12. The SMILES string of the molecule is Cc1cccc(C(=O)NCc2nccn2C)c1O. The first-order valence-corrected chi connectivity index (χ1v) is 5.62. The summed E-state index contributed by atoms with van der Waals surface area (Å²) >= 11 is 0. The molecule has 0 unspecified atom stereocenters. The standard InChI is InChI=1S/C13H15N3O2/c1-9-4-3-5-10(12(9)17)13(18)15-8-11-14-6-7-16(11)2/h3-7,17H,8H2,1-2H3,(H,15,18). The smallest absolute Gasteiger partial charge is 0.255 e. The summed E-state index contributed by atoms with van der Waals surface area (Å²) in [6, 6.07) is 5.09. The molecule has 2 aromatic rings. The summed E-state index contributed by atoms with van der Waals surface area (Å²) < 4.78 is 1.83. The van der Waals surface area contributed by atoms with Crippen LogP contribution in [0.1, 0.15) is 21.7 Å². The zero-order valence-electron chi connectivity index (χ0n) is 10.3. The Kier molecular flexibility index (Phi) is 3.32. The van der Waals surface area contributed by atoms with E-state index >= 15 is 0 Å². The molecule has 2 N–H and O–H groups in total. The molecule has 0 saturated heterocycles. The lowest BCUT2D eigenvalue weighted by Gasteiger charge is -2.08. The lowest BCUT2D eigenvalue weighted by atomic mass is 10.1. The van der Waals surface area contributed by atoms with E-state index < -0.39 is 0 Å². The van der Waals surface area contributed by atoms with E-state index in [4.69, 9.17) is 0 Å². The Labute approximate surface area is 105 Å². The summed E-state index contributed by atoms with van der Waals surface area (Å²) in [7, 11) is 1.86. The number of hydrogen-bond acceptors (Lipinski definition) is 3. The molecule has 0 spiro atoms. The first-order chi connectivity index (χ1) is 8.59. The first kappa shape index (κ1) is 12.2. The molecule has 0 saturated carbocycles. The first-order valence-electron chi connectivity index (χ1n) is 5.62. The number of phenolic OH excluding ortho intramolecular Hbond substituents is 1. The Balaban J connectivity index is 2.09. The number of para-hydroxylation sites is 1. The van der Waals surface area contributed by atoms with Gasteiger partial charge in [0, 0.05) is 19.4 Å². The van der Waals surface area contributed by atoms with Gasteiger partial charge < -0.3 is 15.0 Å². The van der Waals surface area contributed by atoms with Crippen molar-refractivity contribution in [3.8, 4) is 5.75 Å².